The summed E-state index contributed by atoms with van der Waals surface area (Å²) in [4.78, 5) is 12.5. The number of hydrogen-bond acceptors (Lipinski definition) is 3. The van der Waals surface area contributed by atoms with E-state index >= 15 is 0 Å². The summed E-state index contributed by atoms with van der Waals surface area (Å²) in [5.41, 5.74) is 4.63. The van der Waals surface area contributed by atoms with Gasteiger partial charge in [-0.15, -0.1) is 18.1 Å². The quantitative estimate of drug-likeness (QED) is 0.434. The van der Waals surface area contributed by atoms with Crippen molar-refractivity contribution in [2.75, 3.05) is 6.61 Å². The molecule has 1 amide bonds. The summed E-state index contributed by atoms with van der Waals surface area (Å²) in [6.07, 6.45) is -0.676. The molecule has 0 fully saturated rings. The van der Waals surface area contributed by atoms with Crippen LogP contribution in [-0.2, 0) is 11.3 Å². The Morgan fingerprint density at radius 2 is 1.59 bits per heavy atom. The summed E-state index contributed by atoms with van der Waals surface area (Å²) in [5.74, 6) is -0.0832. The zero-order valence-electron chi connectivity index (χ0n) is 17.7. The number of carbonyl (C=O) groups excluding carboxylic acids is 1. The van der Waals surface area contributed by atoms with Gasteiger partial charge in [0.25, 0.3) is 0 Å². The first kappa shape index (κ1) is 25.4. The van der Waals surface area contributed by atoms with E-state index < -0.39 is 18.5 Å². The van der Waals surface area contributed by atoms with Crippen LogP contribution >= 0.6 is 12.6 Å². The maximum absolute atomic E-state index is 13.1. The molecule has 0 bridgehead atoms. The van der Waals surface area contributed by atoms with Crippen LogP contribution < -0.4 is 62.2 Å². The number of carbonyl (C=O) groups is 1. The fourth-order valence-corrected chi connectivity index (χ4v) is 4.26. The monoisotopic (exact) mass is 481 g/mol. The Kier molecular flexibility index (Phi) is 8.22. The van der Waals surface area contributed by atoms with E-state index in [-0.39, 0.29) is 75.3 Å². The first-order valence-corrected chi connectivity index (χ1v) is 10.3. The van der Waals surface area contributed by atoms with E-state index in [1.54, 1.807) is 6.92 Å². The minimum Gasteiger partial charge on any atom is -0.449 e. The molecule has 0 atom stereocenters. The van der Waals surface area contributed by atoms with E-state index in [4.69, 9.17) is 4.74 Å². The van der Waals surface area contributed by atoms with Crippen LogP contribution in [0.1, 0.15) is 28.2 Å². The average Bonchev–Trinajstić information content (AvgIpc) is 3.06. The van der Waals surface area contributed by atoms with Gasteiger partial charge in [-0.3, -0.25) is 0 Å². The molecule has 1 aliphatic rings. The predicted molar refractivity (Wildman–Crippen MR) is 119 cm³/mol. The number of nitrogens with one attached hydrogen (secondary N) is 1. The van der Waals surface area contributed by atoms with E-state index in [9.17, 15) is 17.7 Å². The molecule has 0 unspecified atom stereocenters. The number of halogens is 3. The van der Waals surface area contributed by atoms with Crippen molar-refractivity contribution >= 4 is 31.2 Å². The molecule has 1 N–H and O–H groups in total. The Hall–Kier alpha value is -1.23. The first-order chi connectivity index (χ1) is 14.8. The van der Waals surface area contributed by atoms with Crippen LogP contribution in [0.3, 0.4) is 0 Å². The van der Waals surface area contributed by atoms with Gasteiger partial charge >= 0.3 is 64.5 Å². The van der Waals surface area contributed by atoms with Gasteiger partial charge < -0.3 is 23.0 Å². The molecule has 4 rings (SSSR count). The Bertz CT molecular complexity index is 1110. The van der Waals surface area contributed by atoms with Gasteiger partial charge in [-0.25, -0.2) is 4.79 Å². The van der Waals surface area contributed by atoms with Crippen molar-refractivity contribution in [2.24, 2.45) is 0 Å². The Labute approximate surface area is 233 Å². The van der Waals surface area contributed by atoms with E-state index in [0.29, 0.717) is 11.1 Å². The van der Waals surface area contributed by atoms with Crippen molar-refractivity contribution in [1.82, 2.24) is 5.32 Å². The van der Waals surface area contributed by atoms with Gasteiger partial charge in [-0.1, -0.05) is 60.7 Å². The van der Waals surface area contributed by atoms with Crippen LogP contribution in [0, 0.1) is 6.92 Å². The number of benzene rings is 3. The van der Waals surface area contributed by atoms with Crippen LogP contribution in [0.4, 0.5) is 17.7 Å². The fourth-order valence-electron chi connectivity index (χ4n) is 3.97. The van der Waals surface area contributed by atoms with Crippen molar-refractivity contribution in [1.29, 1.82) is 0 Å². The first-order valence-electron chi connectivity index (χ1n) is 9.87. The van der Waals surface area contributed by atoms with Crippen LogP contribution in [0.5, 0.6) is 0 Å². The molecule has 0 aliphatic heterocycles. The van der Waals surface area contributed by atoms with Gasteiger partial charge in [-0.05, 0) is 40.3 Å². The van der Waals surface area contributed by atoms with Gasteiger partial charge in [0, 0.05) is 17.4 Å². The maximum Gasteiger partial charge on any atom is 1.00 e. The van der Waals surface area contributed by atoms with E-state index in [2.05, 4.69) is 17.9 Å². The van der Waals surface area contributed by atoms with Gasteiger partial charge in [0.1, 0.15) is 6.61 Å². The molecular weight excluding hydrogens is 461 g/mol. The zero-order chi connectivity index (χ0) is 22.2. The topological polar surface area (TPSA) is 38.3 Å². The third-order valence-corrected chi connectivity index (χ3v) is 6.12. The summed E-state index contributed by atoms with van der Waals surface area (Å²) >= 11 is 4.13. The largest absolute Gasteiger partial charge is 1.00 e. The number of ether oxygens (including phenoxy) is 1. The molecule has 3 aromatic rings. The second kappa shape index (κ2) is 10.4. The second-order valence-corrected chi connectivity index (χ2v) is 8.06. The molecule has 3 nitrogen and oxygen atoms in total. The van der Waals surface area contributed by atoms with E-state index in [1.165, 1.54) is 0 Å². The average molecular weight is 481 g/mol. The van der Waals surface area contributed by atoms with E-state index in [0.717, 1.165) is 34.4 Å². The number of fused-ring (bicyclic) bond motifs is 3. The van der Waals surface area contributed by atoms with Crippen molar-refractivity contribution < 1.29 is 73.9 Å². The van der Waals surface area contributed by atoms with Gasteiger partial charge in [0.05, 0.1) is 0 Å². The molecule has 3 aromatic carbocycles. The summed E-state index contributed by atoms with van der Waals surface area (Å²) < 4.78 is 44.8. The minimum absolute atomic E-state index is 0. The normalized spacial score (nSPS) is 12.5. The maximum atomic E-state index is 13.1. The van der Waals surface area contributed by atoms with Crippen LogP contribution in [0.2, 0.25) is 0 Å². The summed E-state index contributed by atoms with van der Waals surface area (Å²) in [6, 6.07) is 18.0. The number of amides is 1. The van der Waals surface area contributed by atoms with Crippen molar-refractivity contribution in [3.8, 4) is 11.1 Å². The Morgan fingerprint density at radius 3 is 2.16 bits per heavy atom. The molecule has 0 heterocycles. The summed E-state index contributed by atoms with van der Waals surface area (Å²) in [6.45, 7) is -3.41. The van der Waals surface area contributed by atoms with Crippen LogP contribution in [0.15, 0.2) is 65.6 Å². The number of hydrogen-bond donors (Lipinski definition) is 2. The molecule has 0 spiro atoms. The van der Waals surface area contributed by atoms with Crippen molar-refractivity contribution in [3.63, 3.8) is 0 Å². The van der Waals surface area contributed by atoms with Crippen molar-refractivity contribution in [3.05, 3.63) is 82.9 Å². The molecule has 160 valence electrons. The molecule has 32 heavy (non-hydrogen) atoms. The zero-order valence-corrected chi connectivity index (χ0v) is 21.8. The van der Waals surface area contributed by atoms with Gasteiger partial charge in [0.2, 0.25) is 0 Å². The number of alkyl carbamates (subject to hydrolysis) is 1. The third kappa shape index (κ3) is 5.29. The second-order valence-electron chi connectivity index (χ2n) is 7.58. The van der Waals surface area contributed by atoms with Crippen LogP contribution in [0.25, 0.3) is 11.1 Å². The fraction of sp³-hybridized carbons (Fsp3) is 0.174. The summed E-state index contributed by atoms with van der Waals surface area (Å²) in [5, 5.41) is 2.56. The third-order valence-electron chi connectivity index (χ3n) is 5.65. The van der Waals surface area contributed by atoms with Gasteiger partial charge in [0.15, 0.2) is 0 Å². The molecular formula is C23H20BF3KNO2S. The summed E-state index contributed by atoms with van der Waals surface area (Å²) in [7, 11) is 0. The SMILES string of the molecule is Cc1c(S)cc([B-](F)(F)F)cc1CNC(=O)OCC1c2ccccc2-c2ccccc21.[K+]. The predicted octanol–water partition coefficient (Wildman–Crippen LogP) is 2.38. The Balaban J connectivity index is 0.00000289. The molecule has 0 radical (unpaired) electrons. The smallest absolute Gasteiger partial charge is 0.449 e. The standard InChI is InChI=1S/C23H20BF3NO2S.K/c1-14-15(10-16(11-22(14)31)24(25,26)27)12-28-23(29)30-13-21-19-8-4-2-6-17(19)18-7-3-5-9-20(18)21;/h2-11,21,31H,12-13H2,1H3,(H,28,29);/q-1;+1. The number of thiol groups is 1. The Morgan fingerprint density at radius 1 is 1.03 bits per heavy atom. The van der Waals surface area contributed by atoms with Crippen molar-refractivity contribution in [2.45, 2.75) is 24.3 Å². The molecule has 0 aromatic heterocycles. The molecule has 0 saturated heterocycles. The number of rotatable bonds is 5. The minimum atomic E-state index is -5.15. The van der Waals surface area contributed by atoms with Gasteiger partial charge in [-0.2, -0.15) is 0 Å². The molecule has 0 saturated carbocycles. The molecule has 1 aliphatic carbocycles. The molecule has 9 heteroatoms. The van der Waals surface area contributed by atoms with Crippen LogP contribution in [-0.4, -0.2) is 19.7 Å². The van der Waals surface area contributed by atoms with E-state index in [1.807, 2.05) is 48.5 Å².